The monoisotopic (exact) mass is 206 g/mol. The maximum absolute atomic E-state index is 10.5. The van der Waals surface area contributed by atoms with Crippen LogP contribution in [0.3, 0.4) is 0 Å². The first kappa shape index (κ1) is 9.95. The van der Waals surface area contributed by atoms with Gasteiger partial charge in [0, 0.05) is 0 Å². The molecule has 0 aromatic rings. The highest BCUT2D eigenvalue weighted by molar-refractivity contribution is 9.10. The lowest BCUT2D eigenvalue weighted by Crippen LogP contribution is -2.22. The van der Waals surface area contributed by atoms with E-state index in [1.165, 1.54) is 0 Å². The summed E-state index contributed by atoms with van der Waals surface area (Å²) in [4.78, 5) is 10.3. The molecule has 2 N–H and O–H groups in total. The summed E-state index contributed by atoms with van der Waals surface area (Å²) in [7, 11) is 0. The van der Waals surface area contributed by atoms with E-state index >= 15 is 0 Å². The minimum Gasteiger partial charge on any atom is -0.369 e. The van der Waals surface area contributed by atoms with E-state index in [9.17, 15) is 4.79 Å². The van der Waals surface area contributed by atoms with E-state index in [1.54, 1.807) is 0 Å². The summed E-state index contributed by atoms with van der Waals surface area (Å²) in [5.74, 6) is -0.274. The second-order valence-corrected chi connectivity index (χ2v) is 3.32. The van der Waals surface area contributed by atoms with E-state index < -0.39 is 0 Å². The van der Waals surface area contributed by atoms with E-state index in [0.717, 1.165) is 25.7 Å². The summed E-state index contributed by atoms with van der Waals surface area (Å²) < 4.78 is 0. The molecule has 0 rings (SSSR count). The second kappa shape index (κ2) is 5.71. The number of rotatable bonds is 5. The van der Waals surface area contributed by atoms with Gasteiger partial charge in [-0.15, -0.1) is 0 Å². The average molecular weight is 207 g/mol. The Morgan fingerprint density at radius 1 is 1.60 bits per heavy atom. The summed E-state index contributed by atoms with van der Waals surface area (Å²) in [6.45, 7) is 3.70. The summed E-state index contributed by atoms with van der Waals surface area (Å²) in [6.07, 6.45) is 3.83. The van der Waals surface area contributed by atoms with Gasteiger partial charge in [0.15, 0.2) is 0 Å². The predicted molar refractivity (Wildman–Crippen MR) is 45.7 cm³/mol. The molecule has 1 radical (unpaired) electrons. The molecule has 3 heteroatoms. The normalized spacial score (nSPS) is 13.0. The molecule has 0 aliphatic heterocycles. The van der Waals surface area contributed by atoms with Crippen molar-refractivity contribution >= 4 is 21.8 Å². The Morgan fingerprint density at radius 2 is 2.20 bits per heavy atom. The molecule has 0 aromatic heterocycles. The highest BCUT2D eigenvalue weighted by Crippen LogP contribution is 2.09. The van der Waals surface area contributed by atoms with Gasteiger partial charge in [-0.2, -0.15) is 0 Å². The van der Waals surface area contributed by atoms with Crippen LogP contribution in [0.1, 0.15) is 25.7 Å². The predicted octanol–water partition coefficient (Wildman–Crippen LogP) is 1.63. The van der Waals surface area contributed by atoms with Gasteiger partial charge in [-0.1, -0.05) is 42.1 Å². The van der Waals surface area contributed by atoms with E-state index in [1.807, 2.05) is 0 Å². The Morgan fingerprint density at radius 3 is 2.60 bits per heavy atom. The fourth-order valence-electron chi connectivity index (χ4n) is 0.643. The number of halogens is 1. The zero-order chi connectivity index (χ0) is 7.98. The minimum absolute atomic E-state index is 0.154. The number of alkyl halides is 1. The third-order valence-electron chi connectivity index (χ3n) is 1.27. The van der Waals surface area contributed by atoms with Crippen LogP contribution in [0, 0.1) is 6.92 Å². The van der Waals surface area contributed by atoms with Crippen LogP contribution in [0.15, 0.2) is 0 Å². The molecule has 0 aliphatic carbocycles. The molecule has 0 spiro atoms. The number of amides is 1. The highest BCUT2D eigenvalue weighted by atomic mass is 79.9. The van der Waals surface area contributed by atoms with Crippen LogP contribution in [-0.4, -0.2) is 10.7 Å². The minimum atomic E-state index is -0.274. The van der Waals surface area contributed by atoms with Crippen LogP contribution >= 0.6 is 15.9 Å². The largest absolute Gasteiger partial charge is 0.369 e. The van der Waals surface area contributed by atoms with Crippen LogP contribution in [0.5, 0.6) is 0 Å². The lowest BCUT2D eigenvalue weighted by atomic mass is 10.1. The van der Waals surface area contributed by atoms with E-state index in [2.05, 4.69) is 22.9 Å². The molecule has 1 atom stereocenters. The first-order valence-electron chi connectivity index (χ1n) is 3.41. The van der Waals surface area contributed by atoms with E-state index in [0.29, 0.717) is 0 Å². The van der Waals surface area contributed by atoms with Gasteiger partial charge in [0.05, 0.1) is 4.83 Å². The van der Waals surface area contributed by atoms with Crippen molar-refractivity contribution in [1.29, 1.82) is 0 Å². The zero-order valence-corrected chi connectivity index (χ0v) is 7.56. The molecule has 0 fully saturated rings. The molecular weight excluding hydrogens is 194 g/mol. The second-order valence-electron chi connectivity index (χ2n) is 2.22. The van der Waals surface area contributed by atoms with Gasteiger partial charge >= 0.3 is 0 Å². The number of carbonyl (C=O) groups excluding carboxylic acids is 1. The fraction of sp³-hybridized carbons (Fsp3) is 0.714. The van der Waals surface area contributed by atoms with Gasteiger partial charge in [-0.25, -0.2) is 0 Å². The van der Waals surface area contributed by atoms with Crippen molar-refractivity contribution in [2.45, 2.75) is 30.5 Å². The summed E-state index contributed by atoms with van der Waals surface area (Å²) in [5, 5.41) is 0. The molecule has 0 saturated carbocycles. The lowest BCUT2D eigenvalue weighted by molar-refractivity contribution is -0.117. The van der Waals surface area contributed by atoms with Crippen LogP contribution in [0.4, 0.5) is 0 Å². The van der Waals surface area contributed by atoms with Gasteiger partial charge in [-0.3, -0.25) is 4.79 Å². The number of nitrogens with two attached hydrogens (primary N) is 1. The standard InChI is InChI=1S/C7H13BrNO/c1-2-3-4-5-6(8)7(9)10/h6H,1-5H2,(H2,9,10). The molecule has 59 valence electrons. The van der Waals surface area contributed by atoms with E-state index in [4.69, 9.17) is 5.73 Å². The molecule has 0 heterocycles. The van der Waals surface area contributed by atoms with Crippen LogP contribution in [0.2, 0.25) is 0 Å². The van der Waals surface area contributed by atoms with Gasteiger partial charge in [-0.05, 0) is 6.42 Å². The molecule has 0 bridgehead atoms. The average Bonchev–Trinajstić information content (AvgIpc) is 1.88. The Bertz CT molecular complexity index is 106. The van der Waals surface area contributed by atoms with Crippen molar-refractivity contribution < 1.29 is 4.79 Å². The van der Waals surface area contributed by atoms with Crippen molar-refractivity contribution in [1.82, 2.24) is 0 Å². The van der Waals surface area contributed by atoms with Gasteiger partial charge < -0.3 is 5.73 Å². The molecule has 0 aromatic carbocycles. The Hall–Kier alpha value is -0.0500. The molecule has 2 nitrogen and oxygen atoms in total. The SMILES string of the molecule is [CH2]CCCCC(Br)C(N)=O. The number of carbonyl (C=O) groups is 1. The van der Waals surface area contributed by atoms with Gasteiger partial charge in [0.2, 0.25) is 5.91 Å². The number of hydrogen-bond acceptors (Lipinski definition) is 1. The number of hydrogen-bond donors (Lipinski definition) is 1. The molecule has 0 aliphatic rings. The Labute approximate surface area is 70.3 Å². The third kappa shape index (κ3) is 4.79. The number of unbranched alkanes of at least 4 members (excludes halogenated alkanes) is 2. The first-order chi connectivity index (χ1) is 4.68. The lowest BCUT2D eigenvalue weighted by Gasteiger charge is -2.02. The molecule has 1 amide bonds. The van der Waals surface area contributed by atoms with Crippen molar-refractivity contribution in [3.05, 3.63) is 6.92 Å². The smallest absolute Gasteiger partial charge is 0.231 e. The highest BCUT2D eigenvalue weighted by Gasteiger charge is 2.08. The molecule has 1 unspecified atom stereocenters. The molecule has 10 heavy (non-hydrogen) atoms. The van der Waals surface area contributed by atoms with Crippen LogP contribution < -0.4 is 5.73 Å². The summed E-state index contributed by atoms with van der Waals surface area (Å²) >= 11 is 3.18. The maximum atomic E-state index is 10.5. The number of primary amides is 1. The van der Waals surface area contributed by atoms with Crippen molar-refractivity contribution in [3.8, 4) is 0 Å². The third-order valence-corrected chi connectivity index (χ3v) is 2.18. The Balaban J connectivity index is 3.21. The van der Waals surface area contributed by atoms with Crippen LogP contribution in [-0.2, 0) is 4.79 Å². The zero-order valence-electron chi connectivity index (χ0n) is 5.98. The van der Waals surface area contributed by atoms with Gasteiger partial charge in [0.25, 0.3) is 0 Å². The van der Waals surface area contributed by atoms with Crippen molar-refractivity contribution in [2.75, 3.05) is 0 Å². The van der Waals surface area contributed by atoms with Gasteiger partial charge in [0.1, 0.15) is 0 Å². The topological polar surface area (TPSA) is 43.1 Å². The van der Waals surface area contributed by atoms with Crippen molar-refractivity contribution in [2.24, 2.45) is 5.73 Å². The van der Waals surface area contributed by atoms with E-state index in [-0.39, 0.29) is 10.7 Å². The quantitative estimate of drug-likeness (QED) is 0.540. The maximum Gasteiger partial charge on any atom is 0.231 e. The molecular formula is C7H13BrNO. The fourth-order valence-corrected chi connectivity index (χ4v) is 0.966. The summed E-state index contributed by atoms with van der Waals surface area (Å²) in [5.41, 5.74) is 5.02. The summed E-state index contributed by atoms with van der Waals surface area (Å²) in [6, 6.07) is 0. The van der Waals surface area contributed by atoms with Crippen LogP contribution in [0.25, 0.3) is 0 Å². The molecule has 0 saturated heterocycles. The Kier molecular flexibility index (Phi) is 5.69. The first-order valence-corrected chi connectivity index (χ1v) is 4.32. The van der Waals surface area contributed by atoms with Crippen molar-refractivity contribution in [3.63, 3.8) is 0 Å².